The topological polar surface area (TPSA) is 53.1 Å². The zero-order chi connectivity index (χ0) is 15.0. The number of rotatable bonds is 4. The minimum absolute atomic E-state index is 0.149. The molecular formula is C17H23N3O. The number of aromatic nitrogens is 2. The summed E-state index contributed by atoms with van der Waals surface area (Å²) in [4.78, 5) is 0. The number of aryl methyl sites for hydroxylation is 2. The second kappa shape index (κ2) is 5.43. The number of hydrogen-bond acceptors (Lipinski definition) is 3. The zero-order valence-corrected chi connectivity index (χ0v) is 13.0. The van der Waals surface area contributed by atoms with Crippen molar-refractivity contribution >= 4 is 5.69 Å². The molecule has 1 aromatic carbocycles. The van der Waals surface area contributed by atoms with Crippen LogP contribution in [0.2, 0.25) is 0 Å². The van der Waals surface area contributed by atoms with Crippen LogP contribution in [0.25, 0.3) is 0 Å². The average Bonchev–Trinajstić information content (AvgIpc) is 2.99. The van der Waals surface area contributed by atoms with Crippen LogP contribution < -0.4 is 10.5 Å². The number of anilines is 1. The van der Waals surface area contributed by atoms with Gasteiger partial charge in [0.15, 0.2) is 0 Å². The number of ether oxygens (including phenoxy) is 1. The number of nitrogen functional groups attached to an aromatic ring is 1. The van der Waals surface area contributed by atoms with E-state index in [1.165, 1.54) is 11.1 Å². The lowest BCUT2D eigenvalue weighted by atomic mass is 10.1. The summed E-state index contributed by atoms with van der Waals surface area (Å²) in [5.74, 6) is 1.01. The van der Waals surface area contributed by atoms with Crippen molar-refractivity contribution in [2.45, 2.75) is 52.7 Å². The molecule has 2 N–H and O–H groups in total. The quantitative estimate of drug-likeness (QED) is 0.939. The third-order valence-electron chi connectivity index (χ3n) is 4.18. The lowest BCUT2D eigenvalue weighted by Gasteiger charge is -2.13. The molecule has 2 heterocycles. The van der Waals surface area contributed by atoms with Gasteiger partial charge in [0.1, 0.15) is 11.9 Å². The van der Waals surface area contributed by atoms with E-state index in [4.69, 9.17) is 10.5 Å². The number of nitrogens with zero attached hydrogens (tertiary/aromatic N) is 2. The molecule has 1 aliphatic heterocycles. The van der Waals surface area contributed by atoms with Crippen LogP contribution in [0, 0.1) is 6.92 Å². The van der Waals surface area contributed by atoms with E-state index >= 15 is 0 Å². The largest absolute Gasteiger partial charge is 0.488 e. The Morgan fingerprint density at radius 1 is 1.33 bits per heavy atom. The van der Waals surface area contributed by atoms with Gasteiger partial charge in [-0.2, -0.15) is 5.10 Å². The lowest BCUT2D eigenvalue weighted by molar-refractivity contribution is 0.201. The number of benzene rings is 1. The van der Waals surface area contributed by atoms with Crippen molar-refractivity contribution < 1.29 is 4.74 Å². The van der Waals surface area contributed by atoms with Crippen molar-refractivity contribution in [2.24, 2.45) is 0 Å². The van der Waals surface area contributed by atoms with Crippen LogP contribution in [-0.2, 0) is 25.8 Å². The second-order valence-corrected chi connectivity index (χ2v) is 5.75. The van der Waals surface area contributed by atoms with Crippen LogP contribution in [0.1, 0.15) is 36.4 Å². The smallest absolute Gasteiger partial charge is 0.123 e. The molecule has 112 valence electrons. The first-order valence-corrected chi connectivity index (χ1v) is 7.72. The molecule has 0 aliphatic carbocycles. The number of hydrogen-bond donors (Lipinski definition) is 1. The van der Waals surface area contributed by atoms with Gasteiger partial charge in [-0.05, 0) is 31.4 Å². The van der Waals surface area contributed by atoms with E-state index < -0.39 is 0 Å². The monoisotopic (exact) mass is 285 g/mol. The molecule has 0 radical (unpaired) electrons. The van der Waals surface area contributed by atoms with Gasteiger partial charge in [-0.3, -0.25) is 4.68 Å². The summed E-state index contributed by atoms with van der Waals surface area (Å²) in [6.45, 7) is 7.09. The molecule has 0 bridgehead atoms. The lowest BCUT2D eigenvalue weighted by Crippen LogP contribution is -2.23. The highest BCUT2D eigenvalue weighted by Crippen LogP contribution is 2.30. The van der Waals surface area contributed by atoms with Crippen LogP contribution in [0.5, 0.6) is 5.75 Å². The maximum absolute atomic E-state index is 6.18. The van der Waals surface area contributed by atoms with Gasteiger partial charge in [0, 0.05) is 6.42 Å². The van der Waals surface area contributed by atoms with Crippen molar-refractivity contribution in [3.8, 4) is 5.75 Å². The molecule has 1 atom stereocenters. The fraction of sp³-hybridized carbons (Fsp3) is 0.471. The molecule has 4 nitrogen and oxygen atoms in total. The molecule has 0 fully saturated rings. The van der Waals surface area contributed by atoms with Gasteiger partial charge in [0.25, 0.3) is 0 Å². The first kappa shape index (κ1) is 14.0. The van der Waals surface area contributed by atoms with Crippen LogP contribution in [0.15, 0.2) is 18.2 Å². The molecule has 1 aliphatic rings. The fourth-order valence-corrected chi connectivity index (χ4v) is 3.09. The summed E-state index contributed by atoms with van der Waals surface area (Å²) in [6, 6.07) is 6.38. The number of fused-ring (bicyclic) bond motifs is 1. The summed E-state index contributed by atoms with van der Waals surface area (Å²) >= 11 is 0. The minimum Gasteiger partial charge on any atom is -0.488 e. The third-order valence-corrected chi connectivity index (χ3v) is 4.18. The van der Waals surface area contributed by atoms with Gasteiger partial charge in [-0.25, -0.2) is 0 Å². The molecule has 0 saturated carbocycles. The maximum Gasteiger partial charge on any atom is 0.123 e. The van der Waals surface area contributed by atoms with Crippen LogP contribution in [-0.4, -0.2) is 15.9 Å². The van der Waals surface area contributed by atoms with Gasteiger partial charge >= 0.3 is 0 Å². The Bertz CT molecular complexity index is 660. The zero-order valence-electron chi connectivity index (χ0n) is 13.0. The Kier molecular flexibility index (Phi) is 3.62. The number of nitrogens with two attached hydrogens (primary N) is 1. The van der Waals surface area contributed by atoms with Gasteiger partial charge < -0.3 is 10.5 Å². The van der Waals surface area contributed by atoms with E-state index in [0.29, 0.717) is 0 Å². The molecule has 0 amide bonds. The summed E-state index contributed by atoms with van der Waals surface area (Å²) in [5, 5.41) is 4.65. The molecule has 2 aromatic rings. The Morgan fingerprint density at radius 2 is 2.14 bits per heavy atom. The molecule has 4 heteroatoms. The Labute approximate surface area is 125 Å². The van der Waals surface area contributed by atoms with Gasteiger partial charge in [0.05, 0.1) is 23.6 Å². The molecule has 21 heavy (non-hydrogen) atoms. The highest BCUT2D eigenvalue weighted by Gasteiger charge is 2.25. The second-order valence-electron chi connectivity index (χ2n) is 5.75. The van der Waals surface area contributed by atoms with Gasteiger partial charge in [-0.1, -0.05) is 31.5 Å². The van der Waals surface area contributed by atoms with E-state index in [2.05, 4.69) is 44.1 Å². The summed E-state index contributed by atoms with van der Waals surface area (Å²) in [5.41, 5.74) is 11.7. The van der Waals surface area contributed by atoms with E-state index in [0.717, 1.165) is 48.6 Å². The Morgan fingerprint density at radius 3 is 2.86 bits per heavy atom. The Balaban J connectivity index is 1.80. The normalized spacial score (nSPS) is 16.8. The molecule has 3 rings (SSSR count). The first-order chi connectivity index (χ1) is 10.1. The van der Waals surface area contributed by atoms with Crippen molar-refractivity contribution in [3.63, 3.8) is 0 Å². The molecule has 1 aromatic heterocycles. The van der Waals surface area contributed by atoms with Crippen LogP contribution in [0.3, 0.4) is 0 Å². The SMILES string of the molecule is CCc1nn(CC2Cc3cc(C)ccc3O2)c(CC)c1N. The van der Waals surface area contributed by atoms with Crippen molar-refractivity contribution in [3.05, 3.63) is 40.7 Å². The predicted octanol–water partition coefficient (Wildman–Crippen LogP) is 2.90. The third kappa shape index (κ3) is 2.50. The standard InChI is InChI=1S/C17H23N3O/c1-4-14-17(18)15(5-2)20(19-14)10-13-9-12-8-11(3)6-7-16(12)21-13/h6-8,13H,4-5,9-10,18H2,1-3H3. The van der Waals surface area contributed by atoms with E-state index in [9.17, 15) is 0 Å². The summed E-state index contributed by atoms with van der Waals surface area (Å²) in [7, 11) is 0. The highest BCUT2D eigenvalue weighted by molar-refractivity contribution is 5.48. The molecule has 0 spiro atoms. The van der Waals surface area contributed by atoms with Crippen molar-refractivity contribution in [2.75, 3.05) is 5.73 Å². The molecule has 0 saturated heterocycles. The van der Waals surface area contributed by atoms with Crippen LogP contribution in [0.4, 0.5) is 5.69 Å². The van der Waals surface area contributed by atoms with E-state index in [1.807, 2.05) is 4.68 Å². The average molecular weight is 285 g/mol. The van der Waals surface area contributed by atoms with E-state index in [1.54, 1.807) is 0 Å². The van der Waals surface area contributed by atoms with Crippen molar-refractivity contribution in [1.29, 1.82) is 0 Å². The minimum atomic E-state index is 0.149. The van der Waals surface area contributed by atoms with Crippen LogP contribution >= 0.6 is 0 Å². The first-order valence-electron chi connectivity index (χ1n) is 7.72. The molecular weight excluding hydrogens is 262 g/mol. The fourth-order valence-electron chi connectivity index (χ4n) is 3.09. The van der Waals surface area contributed by atoms with Gasteiger partial charge in [-0.15, -0.1) is 0 Å². The Hall–Kier alpha value is -1.97. The maximum atomic E-state index is 6.18. The van der Waals surface area contributed by atoms with Crippen molar-refractivity contribution in [1.82, 2.24) is 9.78 Å². The molecule has 1 unspecified atom stereocenters. The highest BCUT2D eigenvalue weighted by atomic mass is 16.5. The summed E-state index contributed by atoms with van der Waals surface area (Å²) in [6.07, 6.45) is 2.87. The predicted molar refractivity (Wildman–Crippen MR) is 84.7 cm³/mol. The van der Waals surface area contributed by atoms with E-state index in [-0.39, 0.29) is 6.10 Å². The summed E-state index contributed by atoms with van der Waals surface area (Å²) < 4.78 is 8.09. The van der Waals surface area contributed by atoms with Gasteiger partial charge in [0.2, 0.25) is 0 Å².